The number of hydrogen-bond acceptors (Lipinski definition) is 8. The third-order valence-electron chi connectivity index (χ3n) is 7.01. The van der Waals surface area contributed by atoms with Crippen molar-refractivity contribution in [3.05, 3.63) is 58.4 Å². The number of esters is 1. The number of pyridine rings is 1. The van der Waals surface area contributed by atoms with Gasteiger partial charge in [0.25, 0.3) is 5.91 Å². The highest BCUT2D eigenvalue weighted by atomic mass is 16.5. The van der Waals surface area contributed by atoms with Gasteiger partial charge in [-0.1, -0.05) is 6.07 Å². The van der Waals surface area contributed by atoms with Gasteiger partial charge in [-0.2, -0.15) is 5.10 Å². The minimum absolute atomic E-state index is 0.172. The lowest BCUT2D eigenvalue weighted by Gasteiger charge is -2.20. The Balaban J connectivity index is 1.10. The molecule has 1 aromatic carbocycles. The van der Waals surface area contributed by atoms with E-state index in [1.54, 1.807) is 12.1 Å². The maximum atomic E-state index is 12.6. The van der Waals surface area contributed by atoms with E-state index in [4.69, 9.17) is 16.4 Å². The van der Waals surface area contributed by atoms with Crippen LogP contribution in [-0.4, -0.2) is 53.8 Å². The van der Waals surface area contributed by atoms with Gasteiger partial charge >= 0.3 is 5.97 Å². The van der Waals surface area contributed by atoms with Gasteiger partial charge in [0.05, 0.1) is 17.4 Å². The molecule has 10 heteroatoms. The van der Waals surface area contributed by atoms with Gasteiger partial charge in [-0.05, 0) is 54.5 Å². The van der Waals surface area contributed by atoms with Crippen molar-refractivity contribution in [2.45, 2.75) is 26.0 Å². The predicted molar refractivity (Wildman–Crippen MR) is 122 cm³/mol. The summed E-state index contributed by atoms with van der Waals surface area (Å²) in [5.74, 6) is 11.4. The number of nitrogens with two attached hydrogens (primary N) is 2. The molecule has 2 aromatic rings. The molecule has 1 aromatic heterocycles. The molecule has 0 spiro atoms. The monoisotopic (exact) mass is 449 g/mol. The summed E-state index contributed by atoms with van der Waals surface area (Å²) in [5.41, 5.74) is 5.09. The summed E-state index contributed by atoms with van der Waals surface area (Å²) in [7, 11) is 0. The first kappa shape index (κ1) is 21.4. The molecule has 5 N–H and O–H groups in total. The number of cyclic esters (lactones) is 1. The number of hydrazine groups is 1. The van der Waals surface area contributed by atoms with Crippen LogP contribution in [-0.2, 0) is 17.8 Å². The minimum Gasteiger partial charge on any atom is -0.457 e. The fourth-order valence-corrected chi connectivity index (χ4v) is 4.99. The topological polar surface area (TPSA) is 139 Å². The minimum atomic E-state index is -0.221. The van der Waals surface area contributed by atoms with Gasteiger partial charge in [-0.25, -0.2) is 15.6 Å². The Labute approximate surface area is 191 Å². The Bertz CT molecular complexity index is 1110. The highest BCUT2D eigenvalue weighted by molar-refractivity contribution is 5.94. The Morgan fingerprint density at radius 3 is 2.82 bits per heavy atom. The Kier molecular flexibility index (Phi) is 5.47. The number of hydrogen-bond donors (Lipinski definition) is 3. The summed E-state index contributed by atoms with van der Waals surface area (Å²) in [4.78, 5) is 30.9. The largest absolute Gasteiger partial charge is 0.457 e. The van der Waals surface area contributed by atoms with Crippen molar-refractivity contribution in [1.82, 2.24) is 15.2 Å². The second kappa shape index (κ2) is 8.45. The second-order valence-corrected chi connectivity index (χ2v) is 8.86. The molecular weight excluding hydrogens is 422 g/mol. The van der Waals surface area contributed by atoms with Gasteiger partial charge in [0.15, 0.2) is 0 Å². The van der Waals surface area contributed by atoms with Gasteiger partial charge in [-0.3, -0.25) is 9.80 Å². The van der Waals surface area contributed by atoms with Crippen molar-refractivity contribution in [3.8, 4) is 0 Å². The summed E-state index contributed by atoms with van der Waals surface area (Å²) >= 11 is 0. The number of likely N-dealkylation sites (tertiary alicyclic amines) is 1. The molecule has 1 aliphatic carbocycles. The number of aromatic nitrogens is 1. The molecule has 0 bridgehead atoms. The smallest absolute Gasteiger partial charge is 0.338 e. The maximum absolute atomic E-state index is 12.6. The molecule has 0 radical (unpaired) electrons. The number of fused-ring (bicyclic) bond motifs is 2. The van der Waals surface area contributed by atoms with Crippen molar-refractivity contribution in [3.63, 3.8) is 0 Å². The maximum Gasteiger partial charge on any atom is 0.338 e. The molecule has 2 unspecified atom stereocenters. The average Bonchev–Trinajstić information content (AvgIpc) is 3.14. The second-order valence-electron chi connectivity index (χ2n) is 8.86. The Morgan fingerprint density at radius 2 is 2.12 bits per heavy atom. The molecule has 2 aliphatic heterocycles. The van der Waals surface area contributed by atoms with E-state index in [9.17, 15) is 9.59 Å². The van der Waals surface area contributed by atoms with E-state index in [-0.39, 0.29) is 17.9 Å². The molecule has 2 atom stereocenters. The number of anilines is 1. The first-order valence-electron chi connectivity index (χ1n) is 11.0. The zero-order valence-electron chi connectivity index (χ0n) is 18.4. The fraction of sp³-hybridized carbons (Fsp3) is 0.391. The van der Waals surface area contributed by atoms with E-state index in [0.29, 0.717) is 35.4 Å². The molecule has 1 saturated heterocycles. The van der Waals surface area contributed by atoms with Crippen LogP contribution in [0.15, 0.2) is 35.6 Å². The summed E-state index contributed by atoms with van der Waals surface area (Å²) in [6.45, 7) is 5.38. The van der Waals surface area contributed by atoms with Crippen molar-refractivity contribution in [1.29, 1.82) is 0 Å². The van der Waals surface area contributed by atoms with Crippen molar-refractivity contribution >= 4 is 23.9 Å². The van der Waals surface area contributed by atoms with Crippen molar-refractivity contribution < 1.29 is 14.3 Å². The lowest BCUT2D eigenvalue weighted by molar-refractivity contribution is 0.0534. The van der Waals surface area contributed by atoms with E-state index in [2.05, 4.69) is 27.2 Å². The standard InChI is InChI=1S/C23H27N7O3/c1-13-14(2-4-16-19(13)11-33-23(16)32)6-7-29-9-17-18(10-29)21(17)28-22(31)20-5-3-15(8-26-20)30(25)12-27-24/h2-5,8,12,17-18,21H,6-7,9-11,24-25H2,1H3,(H,28,31)/b27-12-. The molecule has 2 fully saturated rings. The van der Waals surface area contributed by atoms with Crippen LogP contribution >= 0.6 is 0 Å². The third kappa shape index (κ3) is 4.03. The first-order chi connectivity index (χ1) is 16.0. The predicted octanol–water partition coefficient (Wildman–Crippen LogP) is 0.545. The number of hydrazone groups is 1. The van der Waals surface area contributed by atoms with E-state index >= 15 is 0 Å². The lowest BCUT2D eigenvalue weighted by Crippen LogP contribution is -2.35. The van der Waals surface area contributed by atoms with Gasteiger partial charge in [0.1, 0.15) is 18.6 Å². The number of ether oxygens (including phenoxy) is 1. The van der Waals surface area contributed by atoms with Crippen molar-refractivity contribution in [2.75, 3.05) is 24.6 Å². The molecular formula is C23H27N7O3. The Hall–Kier alpha value is -3.50. The SMILES string of the molecule is Cc1c(CCN2CC3C(C2)C3NC(=O)c2ccc(N(N)/C=N\N)cn2)ccc2c1COC2=O. The van der Waals surface area contributed by atoms with Gasteiger partial charge in [0.2, 0.25) is 0 Å². The van der Waals surface area contributed by atoms with Crippen LogP contribution in [0.1, 0.15) is 37.5 Å². The molecule has 5 rings (SSSR count). The van der Waals surface area contributed by atoms with Crippen LogP contribution in [0.25, 0.3) is 0 Å². The highest BCUT2D eigenvalue weighted by Gasteiger charge is 2.56. The summed E-state index contributed by atoms with van der Waals surface area (Å²) in [6.07, 6.45) is 3.71. The summed E-state index contributed by atoms with van der Waals surface area (Å²) < 4.78 is 5.15. The van der Waals surface area contributed by atoms with Crippen LogP contribution in [0.5, 0.6) is 0 Å². The number of piperidine rings is 1. The third-order valence-corrected chi connectivity index (χ3v) is 7.01. The highest BCUT2D eigenvalue weighted by Crippen LogP contribution is 2.45. The fourth-order valence-electron chi connectivity index (χ4n) is 4.99. The molecule has 10 nitrogen and oxygen atoms in total. The molecule has 3 aliphatic rings. The van der Waals surface area contributed by atoms with Crippen molar-refractivity contribution in [2.24, 2.45) is 28.6 Å². The molecule has 33 heavy (non-hydrogen) atoms. The summed E-state index contributed by atoms with van der Waals surface area (Å²) in [5, 5.41) is 7.70. The number of rotatable bonds is 7. The number of nitrogens with one attached hydrogen (secondary N) is 1. The number of carbonyl (C=O) groups is 2. The zero-order chi connectivity index (χ0) is 23.1. The average molecular weight is 450 g/mol. The molecule has 1 saturated carbocycles. The number of amides is 1. The molecule has 3 heterocycles. The number of benzene rings is 1. The van der Waals surface area contributed by atoms with Crippen LogP contribution in [0.3, 0.4) is 0 Å². The van der Waals surface area contributed by atoms with Crippen LogP contribution in [0.4, 0.5) is 5.69 Å². The van der Waals surface area contributed by atoms with Crippen LogP contribution in [0.2, 0.25) is 0 Å². The number of carbonyl (C=O) groups excluding carboxylic acids is 2. The zero-order valence-corrected chi connectivity index (χ0v) is 18.4. The van der Waals surface area contributed by atoms with E-state index in [0.717, 1.165) is 31.6 Å². The van der Waals surface area contributed by atoms with E-state index in [1.807, 2.05) is 12.1 Å². The Morgan fingerprint density at radius 1 is 1.33 bits per heavy atom. The number of nitrogens with zero attached hydrogens (tertiary/aromatic N) is 4. The first-order valence-corrected chi connectivity index (χ1v) is 11.0. The van der Waals surface area contributed by atoms with Gasteiger partial charge in [0, 0.05) is 31.2 Å². The lowest BCUT2D eigenvalue weighted by atomic mass is 9.96. The van der Waals surface area contributed by atoms with Gasteiger partial charge in [-0.15, -0.1) is 0 Å². The molecule has 1 amide bonds. The van der Waals surface area contributed by atoms with E-state index < -0.39 is 0 Å². The van der Waals surface area contributed by atoms with E-state index in [1.165, 1.54) is 28.7 Å². The van der Waals surface area contributed by atoms with Gasteiger partial charge < -0.3 is 20.8 Å². The molecule has 172 valence electrons. The quantitative estimate of drug-likeness (QED) is 0.183. The summed E-state index contributed by atoms with van der Waals surface area (Å²) in [6, 6.07) is 7.47. The van der Waals surface area contributed by atoms with Crippen LogP contribution < -0.4 is 22.0 Å². The normalized spacial score (nSPS) is 23.3. The van der Waals surface area contributed by atoms with Crippen LogP contribution in [0, 0.1) is 18.8 Å².